The van der Waals surface area contributed by atoms with E-state index in [0.717, 1.165) is 5.92 Å². The van der Waals surface area contributed by atoms with E-state index < -0.39 is 0 Å². The Labute approximate surface area is 126 Å². The summed E-state index contributed by atoms with van der Waals surface area (Å²) in [6, 6.07) is 0. The van der Waals surface area contributed by atoms with Crippen LogP contribution in [0.1, 0.15) is 72.6 Å². The molecule has 0 heterocycles. The maximum absolute atomic E-state index is 4.09. The Bertz CT molecular complexity index is 400. The molecule has 1 aliphatic carbocycles. The van der Waals surface area contributed by atoms with Crippen LogP contribution < -0.4 is 0 Å². The van der Waals surface area contributed by atoms with Crippen molar-refractivity contribution in [2.75, 3.05) is 0 Å². The van der Waals surface area contributed by atoms with Gasteiger partial charge in [0.2, 0.25) is 0 Å². The average molecular weight is 272 g/mol. The molecule has 20 heavy (non-hydrogen) atoms. The van der Waals surface area contributed by atoms with Gasteiger partial charge in [-0.3, -0.25) is 0 Å². The quantitative estimate of drug-likeness (QED) is 0.449. The molecule has 0 bridgehead atoms. The summed E-state index contributed by atoms with van der Waals surface area (Å²) in [6.45, 7) is 12.9. The normalized spacial score (nSPS) is 19.5. The van der Waals surface area contributed by atoms with E-state index in [1.165, 1.54) is 56.1 Å². The van der Waals surface area contributed by atoms with Crippen molar-refractivity contribution in [3.63, 3.8) is 0 Å². The summed E-state index contributed by atoms with van der Waals surface area (Å²) >= 11 is 0. The minimum absolute atomic E-state index is 0.736. The van der Waals surface area contributed by atoms with Gasteiger partial charge in [-0.2, -0.15) is 0 Å². The van der Waals surface area contributed by atoms with E-state index in [4.69, 9.17) is 0 Å². The molecule has 0 saturated heterocycles. The molecule has 0 fully saturated rings. The van der Waals surface area contributed by atoms with E-state index in [2.05, 4.69) is 52.5 Å². The zero-order valence-electron chi connectivity index (χ0n) is 14.0. The first-order valence-electron chi connectivity index (χ1n) is 8.11. The SMILES string of the molecule is C=C(C)C1CC=C(CC/C=C(\C)CCC=C(C)C)CC1. The Morgan fingerprint density at radius 3 is 2.50 bits per heavy atom. The number of rotatable bonds is 7. The summed E-state index contributed by atoms with van der Waals surface area (Å²) < 4.78 is 0. The molecule has 1 aliphatic rings. The van der Waals surface area contributed by atoms with Gasteiger partial charge in [0.05, 0.1) is 0 Å². The van der Waals surface area contributed by atoms with E-state index in [-0.39, 0.29) is 0 Å². The highest BCUT2D eigenvalue weighted by Crippen LogP contribution is 2.30. The van der Waals surface area contributed by atoms with Gasteiger partial charge in [0.1, 0.15) is 0 Å². The maximum atomic E-state index is 4.09. The second-order valence-electron chi connectivity index (χ2n) is 6.59. The molecule has 0 radical (unpaired) electrons. The molecule has 0 aromatic carbocycles. The summed E-state index contributed by atoms with van der Waals surface area (Å²) in [4.78, 5) is 0. The first-order chi connectivity index (χ1) is 9.49. The van der Waals surface area contributed by atoms with E-state index in [9.17, 15) is 0 Å². The molecule has 0 saturated carbocycles. The standard InChI is InChI=1S/C20H32/c1-16(2)8-6-9-18(5)10-7-11-19-12-14-20(15-13-19)17(3)4/h8,10,12,20H,3,6-7,9,11,13-15H2,1-2,4-5H3/b18-10+. The highest BCUT2D eigenvalue weighted by atomic mass is 14.2. The zero-order chi connectivity index (χ0) is 15.0. The second kappa shape index (κ2) is 9.00. The first-order valence-corrected chi connectivity index (χ1v) is 8.11. The van der Waals surface area contributed by atoms with Crippen molar-refractivity contribution >= 4 is 0 Å². The molecule has 0 spiro atoms. The van der Waals surface area contributed by atoms with E-state index in [1.807, 2.05) is 0 Å². The maximum Gasteiger partial charge on any atom is -0.0171 e. The lowest BCUT2D eigenvalue weighted by Gasteiger charge is -2.21. The Kier molecular flexibility index (Phi) is 7.65. The molecule has 0 N–H and O–H groups in total. The molecule has 0 nitrogen and oxygen atoms in total. The lowest BCUT2D eigenvalue weighted by Crippen LogP contribution is -2.06. The Hall–Kier alpha value is -1.04. The summed E-state index contributed by atoms with van der Waals surface area (Å²) in [5.41, 5.74) is 5.99. The first kappa shape index (κ1) is 17.0. The Morgan fingerprint density at radius 2 is 1.95 bits per heavy atom. The van der Waals surface area contributed by atoms with Crippen LogP contribution in [0.5, 0.6) is 0 Å². The van der Waals surface area contributed by atoms with Gasteiger partial charge in [-0.15, -0.1) is 0 Å². The third kappa shape index (κ3) is 6.93. The van der Waals surface area contributed by atoms with Gasteiger partial charge in [0.15, 0.2) is 0 Å². The minimum atomic E-state index is 0.736. The van der Waals surface area contributed by atoms with Gasteiger partial charge < -0.3 is 0 Å². The highest BCUT2D eigenvalue weighted by molar-refractivity contribution is 5.13. The fourth-order valence-corrected chi connectivity index (χ4v) is 2.76. The third-order valence-corrected chi connectivity index (χ3v) is 4.25. The largest absolute Gasteiger partial charge is 0.0998 e. The summed E-state index contributed by atoms with van der Waals surface area (Å²) in [5.74, 6) is 0.736. The summed E-state index contributed by atoms with van der Waals surface area (Å²) in [7, 11) is 0. The zero-order valence-corrected chi connectivity index (χ0v) is 14.0. The molecular weight excluding hydrogens is 240 g/mol. The smallest absolute Gasteiger partial charge is 0.0171 e. The summed E-state index contributed by atoms with van der Waals surface area (Å²) in [5, 5.41) is 0. The molecule has 0 aliphatic heterocycles. The average Bonchev–Trinajstić information content (AvgIpc) is 2.39. The van der Waals surface area contributed by atoms with Crippen molar-refractivity contribution < 1.29 is 0 Å². The van der Waals surface area contributed by atoms with Gasteiger partial charge in [-0.05, 0) is 78.6 Å². The van der Waals surface area contributed by atoms with Gasteiger partial charge in [-0.1, -0.05) is 47.1 Å². The lowest BCUT2D eigenvalue weighted by atomic mass is 9.84. The van der Waals surface area contributed by atoms with Crippen LogP contribution in [-0.4, -0.2) is 0 Å². The van der Waals surface area contributed by atoms with Crippen LogP contribution in [-0.2, 0) is 0 Å². The van der Waals surface area contributed by atoms with Crippen molar-refractivity contribution in [1.82, 2.24) is 0 Å². The van der Waals surface area contributed by atoms with Crippen molar-refractivity contribution in [1.29, 1.82) is 0 Å². The Morgan fingerprint density at radius 1 is 1.20 bits per heavy atom. The van der Waals surface area contributed by atoms with Gasteiger partial charge in [-0.25, -0.2) is 0 Å². The molecule has 0 aromatic heterocycles. The fourth-order valence-electron chi connectivity index (χ4n) is 2.76. The third-order valence-electron chi connectivity index (χ3n) is 4.25. The van der Waals surface area contributed by atoms with Crippen molar-refractivity contribution in [2.24, 2.45) is 5.92 Å². The van der Waals surface area contributed by atoms with E-state index in [0.29, 0.717) is 0 Å². The van der Waals surface area contributed by atoms with Crippen molar-refractivity contribution in [3.8, 4) is 0 Å². The number of allylic oxidation sites excluding steroid dienone is 7. The minimum Gasteiger partial charge on any atom is -0.0998 e. The van der Waals surface area contributed by atoms with Gasteiger partial charge >= 0.3 is 0 Å². The van der Waals surface area contributed by atoms with E-state index in [1.54, 1.807) is 11.1 Å². The van der Waals surface area contributed by atoms with Crippen LogP contribution in [0, 0.1) is 5.92 Å². The molecular formula is C20H32. The molecule has 112 valence electrons. The Balaban J connectivity index is 2.27. The number of hydrogen-bond donors (Lipinski definition) is 0. The molecule has 0 aromatic rings. The monoisotopic (exact) mass is 272 g/mol. The predicted molar refractivity (Wildman–Crippen MR) is 91.9 cm³/mol. The van der Waals surface area contributed by atoms with Crippen LogP contribution >= 0.6 is 0 Å². The fraction of sp³-hybridized carbons (Fsp3) is 0.600. The van der Waals surface area contributed by atoms with E-state index >= 15 is 0 Å². The second-order valence-corrected chi connectivity index (χ2v) is 6.59. The topological polar surface area (TPSA) is 0 Å². The lowest BCUT2D eigenvalue weighted by molar-refractivity contribution is 0.531. The van der Waals surface area contributed by atoms with Gasteiger partial charge in [0.25, 0.3) is 0 Å². The van der Waals surface area contributed by atoms with Crippen LogP contribution in [0.25, 0.3) is 0 Å². The highest BCUT2D eigenvalue weighted by Gasteiger charge is 2.14. The van der Waals surface area contributed by atoms with Crippen molar-refractivity contribution in [3.05, 3.63) is 47.1 Å². The predicted octanol–water partition coefficient (Wildman–Crippen LogP) is 6.76. The molecule has 1 atom stereocenters. The van der Waals surface area contributed by atoms with Crippen LogP contribution in [0.3, 0.4) is 0 Å². The van der Waals surface area contributed by atoms with Crippen LogP contribution in [0.2, 0.25) is 0 Å². The summed E-state index contributed by atoms with van der Waals surface area (Å²) in [6.07, 6.45) is 15.9. The molecule has 0 amide bonds. The molecule has 1 unspecified atom stereocenters. The molecule has 1 rings (SSSR count). The van der Waals surface area contributed by atoms with Gasteiger partial charge in [0, 0.05) is 0 Å². The number of hydrogen-bond acceptors (Lipinski definition) is 0. The molecule has 0 heteroatoms. The van der Waals surface area contributed by atoms with Crippen LogP contribution in [0.4, 0.5) is 0 Å². The van der Waals surface area contributed by atoms with Crippen LogP contribution in [0.15, 0.2) is 47.1 Å². The van der Waals surface area contributed by atoms with Crippen molar-refractivity contribution in [2.45, 2.75) is 72.6 Å².